The van der Waals surface area contributed by atoms with Crippen LogP contribution in [-0.2, 0) is 4.74 Å². The number of rotatable bonds is 2. The zero-order valence-corrected chi connectivity index (χ0v) is 8.70. The summed E-state index contributed by atoms with van der Waals surface area (Å²) < 4.78 is 5.29. The molecule has 0 N–H and O–H groups in total. The third kappa shape index (κ3) is 2.03. The van der Waals surface area contributed by atoms with E-state index in [2.05, 4.69) is 16.8 Å². The number of hydrogen-bond acceptors (Lipinski definition) is 3. The summed E-state index contributed by atoms with van der Waals surface area (Å²) in [6.45, 7) is 4.96. The van der Waals surface area contributed by atoms with Crippen molar-refractivity contribution in [2.45, 2.75) is 25.0 Å². The average molecular weight is 184 g/mol. The molecular weight excluding hydrogens is 164 g/mol. The highest BCUT2D eigenvalue weighted by Crippen LogP contribution is 2.28. The molecule has 3 heteroatoms. The molecule has 0 amide bonds. The Morgan fingerprint density at radius 1 is 1.08 bits per heavy atom. The van der Waals surface area contributed by atoms with Crippen molar-refractivity contribution >= 4 is 0 Å². The minimum atomic E-state index is 0.546. The van der Waals surface area contributed by atoms with Crippen LogP contribution < -0.4 is 0 Å². The SMILES string of the molecule is COC1CC(N2CCN(C)CC2)C1. The molecule has 13 heavy (non-hydrogen) atoms. The van der Waals surface area contributed by atoms with Gasteiger partial charge in [-0.3, -0.25) is 4.90 Å². The molecule has 0 atom stereocenters. The van der Waals surface area contributed by atoms with E-state index in [-0.39, 0.29) is 0 Å². The van der Waals surface area contributed by atoms with Gasteiger partial charge in [-0.2, -0.15) is 0 Å². The molecule has 0 radical (unpaired) electrons. The van der Waals surface area contributed by atoms with Gasteiger partial charge in [-0.25, -0.2) is 0 Å². The van der Waals surface area contributed by atoms with Crippen LogP contribution in [0.2, 0.25) is 0 Å². The van der Waals surface area contributed by atoms with Crippen molar-refractivity contribution in [1.82, 2.24) is 9.80 Å². The number of nitrogens with zero attached hydrogens (tertiary/aromatic N) is 2. The molecule has 0 bridgehead atoms. The van der Waals surface area contributed by atoms with E-state index in [0.29, 0.717) is 6.10 Å². The van der Waals surface area contributed by atoms with Gasteiger partial charge in [0, 0.05) is 39.3 Å². The lowest BCUT2D eigenvalue weighted by atomic mass is 9.87. The van der Waals surface area contributed by atoms with Crippen molar-refractivity contribution in [2.24, 2.45) is 0 Å². The van der Waals surface area contributed by atoms with Gasteiger partial charge >= 0.3 is 0 Å². The minimum Gasteiger partial charge on any atom is -0.381 e. The Balaban J connectivity index is 1.71. The highest BCUT2D eigenvalue weighted by molar-refractivity contribution is 4.89. The zero-order valence-electron chi connectivity index (χ0n) is 8.70. The summed E-state index contributed by atoms with van der Waals surface area (Å²) in [5.41, 5.74) is 0. The lowest BCUT2D eigenvalue weighted by Crippen LogP contribution is -2.54. The summed E-state index contributed by atoms with van der Waals surface area (Å²) in [5, 5.41) is 0. The highest BCUT2D eigenvalue weighted by Gasteiger charge is 2.34. The van der Waals surface area contributed by atoms with Crippen LogP contribution in [0.3, 0.4) is 0 Å². The van der Waals surface area contributed by atoms with E-state index < -0.39 is 0 Å². The fourth-order valence-corrected chi connectivity index (χ4v) is 2.22. The standard InChI is InChI=1S/C10H20N2O/c1-11-3-5-12(6-4-11)9-7-10(8-9)13-2/h9-10H,3-8H2,1-2H3. The second kappa shape index (κ2) is 3.95. The average Bonchev–Trinajstić information content (AvgIpc) is 2.06. The summed E-state index contributed by atoms with van der Waals surface area (Å²) in [5.74, 6) is 0. The summed E-state index contributed by atoms with van der Waals surface area (Å²) in [7, 11) is 4.03. The summed E-state index contributed by atoms with van der Waals surface area (Å²) >= 11 is 0. The van der Waals surface area contributed by atoms with Crippen LogP contribution in [0.5, 0.6) is 0 Å². The van der Waals surface area contributed by atoms with Crippen molar-refractivity contribution < 1.29 is 4.74 Å². The fourth-order valence-electron chi connectivity index (χ4n) is 2.22. The molecule has 0 aromatic carbocycles. The van der Waals surface area contributed by atoms with Crippen LogP contribution in [0.15, 0.2) is 0 Å². The first-order valence-corrected chi connectivity index (χ1v) is 5.25. The largest absolute Gasteiger partial charge is 0.381 e. The Kier molecular flexibility index (Phi) is 2.86. The molecule has 0 aromatic rings. The maximum Gasteiger partial charge on any atom is 0.0601 e. The van der Waals surface area contributed by atoms with Gasteiger partial charge < -0.3 is 9.64 Å². The van der Waals surface area contributed by atoms with Gasteiger partial charge in [0.05, 0.1) is 6.10 Å². The van der Waals surface area contributed by atoms with Gasteiger partial charge in [-0.1, -0.05) is 0 Å². The van der Waals surface area contributed by atoms with E-state index in [1.54, 1.807) is 0 Å². The van der Waals surface area contributed by atoms with Crippen LogP contribution in [0, 0.1) is 0 Å². The molecule has 3 nitrogen and oxygen atoms in total. The van der Waals surface area contributed by atoms with Gasteiger partial charge in [0.1, 0.15) is 0 Å². The normalized spacial score (nSPS) is 37.4. The van der Waals surface area contributed by atoms with E-state index in [0.717, 1.165) is 6.04 Å². The van der Waals surface area contributed by atoms with E-state index in [1.165, 1.54) is 39.0 Å². The molecular formula is C10H20N2O. The molecule has 1 saturated carbocycles. The first-order chi connectivity index (χ1) is 6.29. The number of hydrogen-bond donors (Lipinski definition) is 0. The molecule has 2 fully saturated rings. The Morgan fingerprint density at radius 3 is 2.23 bits per heavy atom. The first-order valence-electron chi connectivity index (χ1n) is 5.25. The van der Waals surface area contributed by atoms with Crippen molar-refractivity contribution in [3.63, 3.8) is 0 Å². The molecule has 76 valence electrons. The maximum atomic E-state index is 5.29. The van der Waals surface area contributed by atoms with Gasteiger partial charge in [-0.05, 0) is 19.9 Å². The van der Waals surface area contributed by atoms with Crippen molar-refractivity contribution in [3.8, 4) is 0 Å². The number of likely N-dealkylation sites (N-methyl/N-ethyl adjacent to an activating group) is 1. The maximum absolute atomic E-state index is 5.29. The van der Waals surface area contributed by atoms with Gasteiger partial charge in [-0.15, -0.1) is 0 Å². The highest BCUT2D eigenvalue weighted by atomic mass is 16.5. The van der Waals surface area contributed by atoms with Crippen LogP contribution in [0.1, 0.15) is 12.8 Å². The summed E-state index contributed by atoms with van der Waals surface area (Å²) in [6.07, 6.45) is 3.05. The van der Waals surface area contributed by atoms with E-state index >= 15 is 0 Å². The van der Waals surface area contributed by atoms with Crippen LogP contribution >= 0.6 is 0 Å². The van der Waals surface area contributed by atoms with Crippen molar-refractivity contribution in [2.75, 3.05) is 40.3 Å². The summed E-state index contributed by atoms with van der Waals surface area (Å²) in [4.78, 5) is 5.03. The monoisotopic (exact) mass is 184 g/mol. The quantitative estimate of drug-likeness (QED) is 0.618. The fraction of sp³-hybridized carbons (Fsp3) is 1.00. The Morgan fingerprint density at radius 2 is 1.69 bits per heavy atom. The Bertz CT molecular complexity index is 160. The second-order valence-electron chi connectivity index (χ2n) is 4.32. The van der Waals surface area contributed by atoms with E-state index in [4.69, 9.17) is 4.74 Å². The van der Waals surface area contributed by atoms with Gasteiger partial charge in [0.25, 0.3) is 0 Å². The first kappa shape index (κ1) is 9.44. The zero-order chi connectivity index (χ0) is 9.26. The van der Waals surface area contributed by atoms with Crippen LogP contribution in [-0.4, -0.2) is 62.3 Å². The topological polar surface area (TPSA) is 15.7 Å². The van der Waals surface area contributed by atoms with Crippen LogP contribution in [0.25, 0.3) is 0 Å². The van der Waals surface area contributed by atoms with Gasteiger partial charge in [0.2, 0.25) is 0 Å². The molecule has 1 aliphatic heterocycles. The van der Waals surface area contributed by atoms with E-state index in [1.807, 2.05) is 7.11 Å². The van der Waals surface area contributed by atoms with E-state index in [9.17, 15) is 0 Å². The van der Waals surface area contributed by atoms with Crippen LogP contribution in [0.4, 0.5) is 0 Å². The lowest BCUT2D eigenvalue weighted by Gasteiger charge is -2.45. The number of ether oxygens (including phenoxy) is 1. The van der Waals surface area contributed by atoms with Crippen molar-refractivity contribution in [1.29, 1.82) is 0 Å². The lowest BCUT2D eigenvalue weighted by molar-refractivity contribution is -0.0381. The third-order valence-electron chi connectivity index (χ3n) is 3.46. The molecule has 1 saturated heterocycles. The van der Waals surface area contributed by atoms with Crippen molar-refractivity contribution in [3.05, 3.63) is 0 Å². The smallest absolute Gasteiger partial charge is 0.0601 e. The Labute approximate surface area is 80.6 Å². The molecule has 2 aliphatic rings. The molecule has 0 aromatic heterocycles. The molecule has 1 aliphatic carbocycles. The Hall–Kier alpha value is -0.120. The molecule has 0 unspecified atom stereocenters. The predicted molar refractivity (Wildman–Crippen MR) is 52.9 cm³/mol. The molecule has 2 rings (SSSR count). The molecule has 1 heterocycles. The predicted octanol–water partition coefficient (Wildman–Crippen LogP) is 0.411. The second-order valence-corrected chi connectivity index (χ2v) is 4.32. The third-order valence-corrected chi connectivity index (χ3v) is 3.46. The summed E-state index contributed by atoms with van der Waals surface area (Å²) in [6, 6.07) is 0.818. The minimum absolute atomic E-state index is 0.546. The van der Waals surface area contributed by atoms with Gasteiger partial charge in [0.15, 0.2) is 0 Å². The molecule has 0 spiro atoms. The number of methoxy groups -OCH3 is 1. The number of piperazine rings is 1.